The van der Waals surface area contributed by atoms with Crippen LogP contribution in [-0.2, 0) is 15.9 Å². The smallest absolute Gasteiger partial charge is 0.164 e. The second-order valence-electron chi connectivity index (χ2n) is 2.84. The van der Waals surface area contributed by atoms with Gasteiger partial charge in [0.2, 0.25) is 0 Å². The first-order valence-corrected chi connectivity index (χ1v) is 5.34. The second kappa shape index (κ2) is 6.71. The quantitative estimate of drug-likeness (QED) is 0.554. The van der Waals surface area contributed by atoms with E-state index in [4.69, 9.17) is 21.1 Å². The van der Waals surface area contributed by atoms with Gasteiger partial charge in [0.25, 0.3) is 0 Å². The Balaban J connectivity index is 2.56. The summed E-state index contributed by atoms with van der Waals surface area (Å²) in [6.45, 7) is 5.05. The van der Waals surface area contributed by atoms with E-state index in [-0.39, 0.29) is 6.29 Å². The van der Waals surface area contributed by atoms with Crippen LogP contribution >= 0.6 is 11.6 Å². The lowest BCUT2D eigenvalue weighted by Crippen LogP contribution is -2.21. The average molecular weight is 231 g/mol. The van der Waals surface area contributed by atoms with Gasteiger partial charge in [0.05, 0.1) is 6.42 Å². The summed E-state index contributed by atoms with van der Waals surface area (Å²) in [5.74, 6) is 0.634. The van der Waals surface area contributed by atoms with Gasteiger partial charge in [0, 0.05) is 19.4 Å². The normalized spacial score (nSPS) is 10.9. The van der Waals surface area contributed by atoms with Gasteiger partial charge < -0.3 is 9.47 Å². The standard InChI is InChI=1S/C10H15ClN2O2/c1-3-14-10(15-4-2)7-9-12-6-5-8(11)13-9/h5-6,10H,3-4,7H2,1-2H3. The maximum absolute atomic E-state index is 5.75. The molecule has 0 saturated heterocycles. The molecule has 0 fully saturated rings. The zero-order valence-electron chi connectivity index (χ0n) is 8.94. The van der Waals surface area contributed by atoms with Gasteiger partial charge in [-0.05, 0) is 19.9 Å². The fraction of sp³-hybridized carbons (Fsp3) is 0.600. The highest BCUT2D eigenvalue weighted by Gasteiger charge is 2.11. The van der Waals surface area contributed by atoms with Crippen LogP contribution in [0.3, 0.4) is 0 Å². The van der Waals surface area contributed by atoms with Crippen molar-refractivity contribution in [2.24, 2.45) is 0 Å². The first-order valence-electron chi connectivity index (χ1n) is 4.96. The Kier molecular flexibility index (Phi) is 5.53. The number of rotatable bonds is 6. The van der Waals surface area contributed by atoms with E-state index in [1.54, 1.807) is 12.3 Å². The highest BCUT2D eigenvalue weighted by atomic mass is 35.5. The number of nitrogens with zero attached hydrogens (tertiary/aromatic N) is 2. The van der Waals surface area contributed by atoms with E-state index in [0.29, 0.717) is 30.6 Å². The Labute approximate surface area is 94.6 Å². The van der Waals surface area contributed by atoms with E-state index in [1.165, 1.54) is 0 Å². The molecule has 1 rings (SSSR count). The molecule has 0 bridgehead atoms. The second-order valence-corrected chi connectivity index (χ2v) is 3.23. The minimum atomic E-state index is -0.293. The molecular weight excluding hydrogens is 216 g/mol. The first kappa shape index (κ1) is 12.4. The molecule has 0 saturated carbocycles. The molecule has 0 aliphatic heterocycles. The summed E-state index contributed by atoms with van der Waals surface area (Å²) >= 11 is 5.75. The van der Waals surface area contributed by atoms with Crippen molar-refractivity contribution in [3.05, 3.63) is 23.2 Å². The molecule has 1 aromatic rings. The lowest BCUT2D eigenvalue weighted by Gasteiger charge is -2.15. The van der Waals surface area contributed by atoms with Gasteiger partial charge in [-0.15, -0.1) is 0 Å². The van der Waals surface area contributed by atoms with E-state index in [9.17, 15) is 0 Å². The molecular formula is C10H15ClN2O2. The third kappa shape index (κ3) is 4.55. The molecule has 0 aliphatic rings. The Morgan fingerprint density at radius 2 is 2.00 bits per heavy atom. The van der Waals surface area contributed by atoms with Crippen molar-refractivity contribution in [2.45, 2.75) is 26.6 Å². The van der Waals surface area contributed by atoms with Crippen molar-refractivity contribution in [2.75, 3.05) is 13.2 Å². The Morgan fingerprint density at radius 1 is 1.33 bits per heavy atom. The number of hydrogen-bond acceptors (Lipinski definition) is 4. The van der Waals surface area contributed by atoms with Crippen molar-refractivity contribution in [1.82, 2.24) is 9.97 Å². The Morgan fingerprint density at radius 3 is 2.53 bits per heavy atom. The Bertz CT molecular complexity index is 291. The van der Waals surface area contributed by atoms with Gasteiger partial charge in [0.15, 0.2) is 6.29 Å². The van der Waals surface area contributed by atoms with Crippen molar-refractivity contribution < 1.29 is 9.47 Å². The molecule has 0 N–H and O–H groups in total. The monoisotopic (exact) mass is 230 g/mol. The third-order valence-electron chi connectivity index (χ3n) is 1.73. The van der Waals surface area contributed by atoms with Crippen LogP contribution in [0.15, 0.2) is 12.3 Å². The summed E-state index contributed by atoms with van der Waals surface area (Å²) in [6.07, 6.45) is 1.85. The van der Waals surface area contributed by atoms with Gasteiger partial charge in [-0.1, -0.05) is 11.6 Å². The number of halogens is 1. The van der Waals surface area contributed by atoms with E-state index in [0.717, 1.165) is 0 Å². The molecule has 0 unspecified atom stereocenters. The van der Waals surface area contributed by atoms with E-state index >= 15 is 0 Å². The predicted octanol–water partition coefficient (Wildman–Crippen LogP) is 2.07. The SMILES string of the molecule is CCOC(Cc1nccc(Cl)n1)OCC. The average Bonchev–Trinajstić information content (AvgIpc) is 2.18. The predicted molar refractivity (Wildman–Crippen MR) is 57.8 cm³/mol. The van der Waals surface area contributed by atoms with Gasteiger partial charge in [-0.2, -0.15) is 0 Å². The highest BCUT2D eigenvalue weighted by molar-refractivity contribution is 6.29. The van der Waals surface area contributed by atoms with E-state index < -0.39 is 0 Å². The zero-order valence-corrected chi connectivity index (χ0v) is 9.70. The highest BCUT2D eigenvalue weighted by Crippen LogP contribution is 2.07. The lowest BCUT2D eigenvalue weighted by atomic mass is 10.4. The van der Waals surface area contributed by atoms with Crippen LogP contribution in [-0.4, -0.2) is 29.5 Å². The number of hydrogen-bond donors (Lipinski definition) is 0. The molecule has 4 nitrogen and oxygen atoms in total. The maximum Gasteiger partial charge on any atom is 0.164 e. The fourth-order valence-corrected chi connectivity index (χ4v) is 1.31. The summed E-state index contributed by atoms with van der Waals surface area (Å²) in [7, 11) is 0. The van der Waals surface area contributed by atoms with Crippen molar-refractivity contribution >= 4 is 11.6 Å². The summed E-state index contributed by atoms with van der Waals surface area (Å²) < 4.78 is 10.8. The molecule has 84 valence electrons. The van der Waals surface area contributed by atoms with Gasteiger partial charge in [0.1, 0.15) is 11.0 Å². The zero-order chi connectivity index (χ0) is 11.1. The lowest BCUT2D eigenvalue weighted by molar-refractivity contribution is -0.135. The molecule has 5 heteroatoms. The topological polar surface area (TPSA) is 44.2 Å². The minimum Gasteiger partial charge on any atom is -0.352 e. The van der Waals surface area contributed by atoms with Crippen LogP contribution in [0.5, 0.6) is 0 Å². The summed E-state index contributed by atoms with van der Waals surface area (Å²) in [4.78, 5) is 8.16. The summed E-state index contributed by atoms with van der Waals surface area (Å²) in [5.41, 5.74) is 0. The fourth-order valence-electron chi connectivity index (χ4n) is 1.16. The molecule has 0 radical (unpaired) electrons. The number of ether oxygens (including phenoxy) is 2. The van der Waals surface area contributed by atoms with E-state index in [1.807, 2.05) is 13.8 Å². The van der Waals surface area contributed by atoms with Gasteiger partial charge in [-0.25, -0.2) is 9.97 Å². The van der Waals surface area contributed by atoms with Crippen LogP contribution in [0.25, 0.3) is 0 Å². The van der Waals surface area contributed by atoms with Crippen LogP contribution in [0.4, 0.5) is 0 Å². The molecule has 1 aromatic heterocycles. The molecule has 0 spiro atoms. The van der Waals surface area contributed by atoms with Gasteiger partial charge >= 0.3 is 0 Å². The molecule has 15 heavy (non-hydrogen) atoms. The summed E-state index contributed by atoms with van der Waals surface area (Å²) in [5, 5.41) is 0.437. The van der Waals surface area contributed by atoms with Crippen LogP contribution in [0.2, 0.25) is 5.15 Å². The van der Waals surface area contributed by atoms with Crippen molar-refractivity contribution in [3.63, 3.8) is 0 Å². The van der Waals surface area contributed by atoms with Crippen LogP contribution in [0.1, 0.15) is 19.7 Å². The van der Waals surface area contributed by atoms with Crippen molar-refractivity contribution in [1.29, 1.82) is 0 Å². The van der Waals surface area contributed by atoms with Crippen LogP contribution < -0.4 is 0 Å². The number of aromatic nitrogens is 2. The maximum atomic E-state index is 5.75. The molecule has 1 heterocycles. The molecule has 0 aromatic carbocycles. The Hall–Kier alpha value is -0.710. The molecule has 0 amide bonds. The van der Waals surface area contributed by atoms with Gasteiger partial charge in [-0.3, -0.25) is 0 Å². The van der Waals surface area contributed by atoms with Crippen molar-refractivity contribution in [3.8, 4) is 0 Å². The largest absolute Gasteiger partial charge is 0.352 e. The third-order valence-corrected chi connectivity index (χ3v) is 1.94. The van der Waals surface area contributed by atoms with E-state index in [2.05, 4.69) is 9.97 Å². The summed E-state index contributed by atoms with van der Waals surface area (Å²) in [6, 6.07) is 1.64. The minimum absolute atomic E-state index is 0.293. The molecule has 0 aliphatic carbocycles. The first-order chi connectivity index (χ1) is 7.26. The molecule has 0 atom stereocenters. The van der Waals surface area contributed by atoms with Crippen LogP contribution in [0, 0.1) is 0 Å².